The number of aromatic nitrogens is 2. The number of benzene rings is 3. The average molecular weight is 629 g/mol. The molecule has 46 heavy (non-hydrogen) atoms. The fraction of sp³-hybridized carbons (Fsp3) is 0.306. The monoisotopic (exact) mass is 628 g/mol. The van der Waals surface area contributed by atoms with E-state index in [2.05, 4.69) is 87.2 Å². The summed E-state index contributed by atoms with van der Waals surface area (Å²) < 4.78 is 31.7. The van der Waals surface area contributed by atoms with Crippen molar-refractivity contribution in [3.63, 3.8) is 0 Å². The van der Waals surface area contributed by atoms with Crippen molar-refractivity contribution in [3.05, 3.63) is 106 Å². The molecule has 1 atom stereocenters. The quantitative estimate of drug-likeness (QED) is 0.197. The van der Waals surface area contributed by atoms with Crippen LogP contribution in [0.1, 0.15) is 66.0 Å². The molecule has 1 saturated carbocycles. The molecule has 7 rings (SSSR count). The van der Waals surface area contributed by atoms with E-state index in [-0.39, 0.29) is 11.8 Å². The number of hydrogen-bond acceptors (Lipinski definition) is 4. The van der Waals surface area contributed by atoms with E-state index in [1.807, 2.05) is 24.3 Å². The van der Waals surface area contributed by atoms with E-state index >= 15 is 0 Å². The molecule has 3 aromatic carbocycles. The van der Waals surface area contributed by atoms with Crippen molar-refractivity contribution in [2.75, 3.05) is 19.6 Å². The van der Waals surface area contributed by atoms with Crippen molar-refractivity contribution in [2.45, 2.75) is 49.7 Å². The molecule has 3 fully saturated rings. The van der Waals surface area contributed by atoms with Crippen LogP contribution in [0.25, 0.3) is 29.1 Å². The molecule has 2 saturated heterocycles. The Labute approximate surface area is 264 Å². The van der Waals surface area contributed by atoms with Crippen molar-refractivity contribution in [3.8, 4) is 0 Å². The number of H-pyrrole nitrogens is 1. The number of piperidine rings is 1. The van der Waals surface area contributed by atoms with Crippen molar-refractivity contribution in [1.82, 2.24) is 20.4 Å². The van der Waals surface area contributed by atoms with Gasteiger partial charge in [-0.25, -0.2) is 4.79 Å². The summed E-state index contributed by atoms with van der Waals surface area (Å²) in [6, 6.07) is 25.6. The zero-order valence-corrected chi connectivity index (χ0v) is 25.2. The fourth-order valence-corrected chi connectivity index (χ4v) is 6.48. The first-order chi connectivity index (χ1) is 22.1. The van der Waals surface area contributed by atoms with Gasteiger partial charge >= 0.3 is 12.1 Å². The smallest absolute Gasteiger partial charge is 0.475 e. The number of carboxylic acids is 1. The Morgan fingerprint density at radius 3 is 2.26 bits per heavy atom. The number of likely N-dealkylation sites (tertiary alicyclic amines) is 1. The van der Waals surface area contributed by atoms with E-state index in [9.17, 15) is 18.0 Å². The van der Waals surface area contributed by atoms with Crippen molar-refractivity contribution >= 4 is 41.0 Å². The number of aromatic amines is 1. The number of nitrogens with zero attached hydrogens (tertiary/aromatic N) is 2. The largest absolute Gasteiger partial charge is 0.490 e. The first kappa shape index (κ1) is 31.3. The van der Waals surface area contributed by atoms with Crippen molar-refractivity contribution in [1.29, 1.82) is 0 Å². The first-order valence-corrected chi connectivity index (χ1v) is 15.5. The number of fused-ring (bicyclic) bond motifs is 1. The maximum atomic E-state index is 12.6. The lowest BCUT2D eigenvalue weighted by Gasteiger charge is -2.35. The lowest BCUT2D eigenvalue weighted by molar-refractivity contribution is -0.192. The average Bonchev–Trinajstić information content (AvgIpc) is 3.66. The zero-order valence-electron chi connectivity index (χ0n) is 25.2. The Balaban J connectivity index is 0.000000480. The van der Waals surface area contributed by atoms with Crippen LogP contribution >= 0.6 is 0 Å². The Kier molecular flexibility index (Phi) is 8.82. The molecule has 2 aliphatic heterocycles. The second-order valence-corrected chi connectivity index (χ2v) is 12.0. The number of carbonyl (C=O) groups is 2. The van der Waals surface area contributed by atoms with Crippen LogP contribution in [-0.2, 0) is 15.1 Å². The Hall–Kier alpha value is -4.70. The number of halogens is 3. The highest BCUT2D eigenvalue weighted by atomic mass is 19.4. The minimum absolute atomic E-state index is 0.00624. The molecule has 0 radical (unpaired) electrons. The fourth-order valence-electron chi connectivity index (χ4n) is 6.48. The highest BCUT2D eigenvalue weighted by Gasteiger charge is 2.49. The van der Waals surface area contributed by atoms with Crippen LogP contribution < -0.4 is 5.32 Å². The molecule has 10 heteroatoms. The number of rotatable bonds is 6. The van der Waals surface area contributed by atoms with E-state index in [0.717, 1.165) is 33.3 Å². The second-order valence-electron chi connectivity index (χ2n) is 12.0. The van der Waals surface area contributed by atoms with Gasteiger partial charge in [-0.2, -0.15) is 18.3 Å². The van der Waals surface area contributed by atoms with Crippen LogP contribution in [0.3, 0.4) is 0 Å². The Morgan fingerprint density at radius 1 is 0.935 bits per heavy atom. The molecule has 1 unspecified atom stereocenters. The molecule has 7 nitrogen and oxygen atoms in total. The number of hydrogen-bond donors (Lipinski definition) is 3. The maximum Gasteiger partial charge on any atom is 0.490 e. The Bertz CT molecular complexity index is 1770. The van der Waals surface area contributed by atoms with Gasteiger partial charge in [0.25, 0.3) is 0 Å². The lowest BCUT2D eigenvalue weighted by Crippen LogP contribution is -2.39. The van der Waals surface area contributed by atoms with Gasteiger partial charge in [0.05, 0.1) is 11.2 Å². The van der Waals surface area contributed by atoms with Crippen LogP contribution in [0, 0.1) is 0 Å². The van der Waals surface area contributed by atoms with Gasteiger partial charge in [0.2, 0.25) is 5.91 Å². The summed E-state index contributed by atoms with van der Waals surface area (Å²) >= 11 is 0. The van der Waals surface area contributed by atoms with Crippen LogP contribution in [0.15, 0.2) is 78.4 Å². The third-order valence-corrected chi connectivity index (χ3v) is 9.05. The maximum absolute atomic E-state index is 12.6. The van der Waals surface area contributed by atoms with Gasteiger partial charge in [0.15, 0.2) is 0 Å². The van der Waals surface area contributed by atoms with Gasteiger partial charge in [-0.1, -0.05) is 73.2 Å². The number of alkyl halides is 3. The van der Waals surface area contributed by atoms with E-state index in [1.165, 1.54) is 56.3 Å². The molecule has 1 aromatic heterocycles. The van der Waals surface area contributed by atoms with Gasteiger partial charge in [-0.3, -0.25) is 14.8 Å². The molecule has 238 valence electrons. The summed E-state index contributed by atoms with van der Waals surface area (Å²) in [7, 11) is 0. The molecule has 0 bridgehead atoms. The highest BCUT2D eigenvalue weighted by Crippen LogP contribution is 2.51. The molecule has 3 aliphatic rings. The van der Waals surface area contributed by atoms with E-state index in [4.69, 9.17) is 9.90 Å². The zero-order chi connectivity index (χ0) is 32.3. The molecule has 3 heterocycles. The molecule has 4 aromatic rings. The summed E-state index contributed by atoms with van der Waals surface area (Å²) in [6.45, 7) is 3.12. The summed E-state index contributed by atoms with van der Waals surface area (Å²) in [5.74, 6) is -2.69. The Morgan fingerprint density at radius 2 is 1.61 bits per heavy atom. The number of nitrogens with one attached hydrogen (secondary N) is 2. The molecular weight excluding hydrogens is 593 g/mol. The van der Waals surface area contributed by atoms with Crippen LogP contribution in [0.2, 0.25) is 0 Å². The molecule has 1 aliphatic carbocycles. The number of carbonyl (C=O) groups excluding carboxylic acids is 1. The third-order valence-electron chi connectivity index (χ3n) is 9.05. The van der Waals surface area contributed by atoms with E-state index < -0.39 is 12.1 Å². The number of amides is 1. The van der Waals surface area contributed by atoms with Gasteiger partial charge < -0.3 is 10.4 Å². The summed E-state index contributed by atoms with van der Waals surface area (Å²) in [5.41, 5.74) is 7.79. The SMILES string of the molecule is O=C(O)C(F)(F)F.O=C1NCC(c2ccccc2)/C1=C\c1ccc2c(/C=C/c3ccc(C4(N5CCCCC5)CC4)cc3)n[nH]c2c1. The standard InChI is InChI=1S/C34H34N4O.C2HF3O2/c39-33-29(30(23-35-33)26-7-3-1-4-8-26)21-25-11-15-28-31(36-37-32(28)22-25)16-12-24-9-13-27(14-10-24)34(17-18-34)38-19-5-2-6-20-38;3-2(4,5)1(6)7/h1,3-4,7-16,21-22,30H,2,5-6,17-20,23H2,(H,35,39)(H,36,37);(H,6,7)/b16-12+,29-21+;. The van der Waals surface area contributed by atoms with Gasteiger partial charge in [0, 0.05) is 29.0 Å². The van der Waals surface area contributed by atoms with E-state index in [1.54, 1.807) is 0 Å². The minimum Gasteiger partial charge on any atom is -0.475 e. The van der Waals surface area contributed by atoms with Crippen LogP contribution in [0.5, 0.6) is 0 Å². The van der Waals surface area contributed by atoms with Crippen molar-refractivity contribution < 1.29 is 27.9 Å². The summed E-state index contributed by atoms with van der Waals surface area (Å²) in [4.78, 5) is 24.2. The normalized spacial score (nSPS) is 20.5. The van der Waals surface area contributed by atoms with Gasteiger partial charge in [0.1, 0.15) is 0 Å². The predicted octanol–water partition coefficient (Wildman–Crippen LogP) is 7.14. The number of aliphatic carboxylic acids is 1. The first-order valence-electron chi connectivity index (χ1n) is 15.5. The van der Waals surface area contributed by atoms with Crippen LogP contribution in [-0.4, -0.2) is 57.9 Å². The molecule has 0 spiro atoms. The molecule has 1 amide bonds. The van der Waals surface area contributed by atoms with Crippen molar-refractivity contribution in [2.24, 2.45) is 0 Å². The predicted molar refractivity (Wildman–Crippen MR) is 172 cm³/mol. The lowest BCUT2D eigenvalue weighted by atomic mass is 9.92. The second kappa shape index (κ2) is 13.0. The van der Waals surface area contributed by atoms with Crippen LogP contribution in [0.4, 0.5) is 13.2 Å². The number of carboxylic acid groups (broad SMARTS) is 1. The third kappa shape index (κ3) is 6.77. The van der Waals surface area contributed by atoms with Gasteiger partial charge in [-0.15, -0.1) is 0 Å². The van der Waals surface area contributed by atoms with E-state index in [0.29, 0.717) is 12.1 Å². The summed E-state index contributed by atoms with van der Waals surface area (Å²) in [6.07, 6.45) is 7.78. The highest BCUT2D eigenvalue weighted by molar-refractivity contribution is 6.02. The minimum atomic E-state index is -5.08. The summed E-state index contributed by atoms with van der Waals surface area (Å²) in [5, 5.41) is 19.0. The molecular formula is C36H35F3N4O3. The topological polar surface area (TPSA) is 98.3 Å². The van der Waals surface area contributed by atoms with Gasteiger partial charge in [-0.05, 0) is 85.3 Å². The molecule has 3 N–H and O–H groups in total.